The van der Waals surface area contributed by atoms with Gasteiger partial charge in [0.2, 0.25) is 0 Å². The summed E-state index contributed by atoms with van der Waals surface area (Å²) in [5.41, 5.74) is 2.91. The predicted octanol–water partition coefficient (Wildman–Crippen LogP) is 5.13. The second kappa shape index (κ2) is 8.72. The first kappa shape index (κ1) is 19.6. The van der Waals surface area contributed by atoms with Crippen LogP contribution < -0.4 is 14.0 Å². The molecule has 0 bridgehead atoms. The highest BCUT2D eigenvalue weighted by Crippen LogP contribution is 2.36. The fourth-order valence-corrected chi connectivity index (χ4v) is 3.66. The van der Waals surface area contributed by atoms with E-state index in [0.717, 1.165) is 28.4 Å². The van der Waals surface area contributed by atoms with Crippen LogP contribution in [0.1, 0.15) is 12.5 Å². The number of para-hydroxylation sites is 2. The number of amides is 1. The molecule has 0 N–H and O–H groups in total. The Labute approximate surface area is 166 Å². The summed E-state index contributed by atoms with van der Waals surface area (Å²) in [7, 11) is 3.31. The third-order valence-electron chi connectivity index (χ3n) is 5.14. The molecule has 0 aromatic heterocycles. The van der Waals surface area contributed by atoms with E-state index in [1.54, 1.807) is 21.1 Å². The molecule has 1 amide bonds. The van der Waals surface area contributed by atoms with Crippen LogP contribution in [0.4, 0.5) is 11.4 Å². The van der Waals surface area contributed by atoms with Gasteiger partial charge in [-0.3, -0.25) is 0 Å². The van der Waals surface area contributed by atoms with E-state index in [1.165, 1.54) is 0 Å². The number of hydrogen-bond donors (Lipinski definition) is 0. The number of carbonyl (C=O) groups excluding carboxylic acids is 1. The van der Waals surface area contributed by atoms with Crippen molar-refractivity contribution >= 4 is 17.3 Å². The molecule has 4 nitrogen and oxygen atoms in total. The lowest BCUT2D eigenvalue weighted by molar-refractivity contribution is -0.125. The maximum atomic E-state index is 13.1. The lowest BCUT2D eigenvalue weighted by Crippen LogP contribution is -2.49. The number of nitrogens with zero attached hydrogens (tertiary/aromatic N) is 1. The molecule has 0 fully saturated rings. The van der Waals surface area contributed by atoms with Gasteiger partial charge in [-0.1, -0.05) is 36.4 Å². The summed E-state index contributed by atoms with van der Waals surface area (Å²) in [5, 5.41) is 0. The van der Waals surface area contributed by atoms with Crippen molar-refractivity contribution in [2.45, 2.75) is 13.3 Å². The van der Waals surface area contributed by atoms with Crippen LogP contribution in [0.2, 0.25) is 0 Å². The maximum absolute atomic E-state index is 13.1. The molecule has 0 atom stereocenters. The van der Waals surface area contributed by atoms with E-state index >= 15 is 0 Å². The van der Waals surface area contributed by atoms with Gasteiger partial charge in [0.05, 0.1) is 27.7 Å². The quantitative estimate of drug-likeness (QED) is 0.536. The second-order valence-electron chi connectivity index (χ2n) is 6.65. The van der Waals surface area contributed by atoms with Crippen LogP contribution in [-0.4, -0.2) is 26.7 Å². The van der Waals surface area contributed by atoms with Gasteiger partial charge in [0, 0.05) is 36.2 Å². The summed E-state index contributed by atoms with van der Waals surface area (Å²) in [6.45, 7) is 2.23. The Morgan fingerprint density at radius 2 is 1.39 bits per heavy atom. The van der Waals surface area contributed by atoms with Crippen molar-refractivity contribution in [2.75, 3.05) is 20.8 Å². The van der Waals surface area contributed by atoms with Crippen molar-refractivity contribution in [2.24, 2.45) is 0 Å². The second-order valence-corrected chi connectivity index (χ2v) is 6.65. The van der Waals surface area contributed by atoms with Gasteiger partial charge in [-0.15, -0.1) is 0 Å². The van der Waals surface area contributed by atoms with E-state index < -0.39 is 0 Å². The van der Waals surface area contributed by atoms with E-state index in [-0.39, 0.29) is 10.4 Å². The predicted molar refractivity (Wildman–Crippen MR) is 113 cm³/mol. The van der Waals surface area contributed by atoms with Gasteiger partial charge in [0.1, 0.15) is 22.9 Å². The molecule has 144 valence electrons. The number of quaternary nitrogens is 1. The van der Waals surface area contributed by atoms with Crippen LogP contribution in [0.25, 0.3) is 0 Å². The maximum Gasteiger partial charge on any atom is 0.320 e. The summed E-state index contributed by atoms with van der Waals surface area (Å²) in [6, 6.07) is 25.6. The highest BCUT2D eigenvalue weighted by atomic mass is 16.5. The third kappa shape index (κ3) is 3.78. The van der Waals surface area contributed by atoms with Crippen LogP contribution in [0.15, 0.2) is 78.9 Å². The molecule has 28 heavy (non-hydrogen) atoms. The van der Waals surface area contributed by atoms with E-state index in [9.17, 15) is 4.79 Å². The zero-order valence-corrected chi connectivity index (χ0v) is 16.6. The zero-order valence-electron chi connectivity index (χ0n) is 16.6. The van der Waals surface area contributed by atoms with E-state index in [0.29, 0.717) is 13.0 Å². The summed E-state index contributed by atoms with van der Waals surface area (Å²) < 4.78 is 11.1. The van der Waals surface area contributed by atoms with Crippen molar-refractivity contribution in [1.82, 2.24) is 4.48 Å². The molecule has 3 aromatic rings. The van der Waals surface area contributed by atoms with Gasteiger partial charge < -0.3 is 9.47 Å². The Hall–Kier alpha value is -3.11. The van der Waals surface area contributed by atoms with Crippen molar-refractivity contribution in [3.63, 3.8) is 0 Å². The molecule has 0 saturated carbocycles. The molecule has 0 heterocycles. The van der Waals surface area contributed by atoms with Crippen LogP contribution in [-0.2, 0) is 11.2 Å². The monoisotopic (exact) mass is 376 g/mol. The van der Waals surface area contributed by atoms with E-state index in [4.69, 9.17) is 9.47 Å². The molecule has 3 rings (SSSR count). The molecular formula is C24H26NO3+. The standard InChI is InChI=1S/C24H26NO3/c1-19(26)25(21-10-6-4-7-11-21,22-12-8-5-9-13-22)17-16-20-18-23(27-2)14-15-24(20)28-3/h4-15,18H,16-17H2,1-3H3/q+1. The number of methoxy groups -OCH3 is 2. The van der Waals surface area contributed by atoms with Gasteiger partial charge >= 0.3 is 5.91 Å². The summed E-state index contributed by atoms with van der Waals surface area (Å²) >= 11 is 0. The Bertz CT molecular complexity index is 884. The number of rotatable bonds is 7. The lowest BCUT2D eigenvalue weighted by Gasteiger charge is -2.34. The molecule has 0 aliphatic rings. The van der Waals surface area contributed by atoms with Gasteiger partial charge in [-0.2, -0.15) is 4.48 Å². The average molecular weight is 376 g/mol. The van der Waals surface area contributed by atoms with Gasteiger partial charge in [-0.25, -0.2) is 4.79 Å². The molecule has 4 heteroatoms. The SMILES string of the molecule is COc1ccc(OC)c(CC[N+](C(C)=O)(c2ccccc2)c2ccccc2)c1. The molecular weight excluding hydrogens is 350 g/mol. The fourth-order valence-electron chi connectivity index (χ4n) is 3.66. The number of ether oxygens (including phenoxy) is 2. The minimum Gasteiger partial charge on any atom is -0.497 e. The number of benzene rings is 3. The largest absolute Gasteiger partial charge is 0.497 e. The molecule has 0 radical (unpaired) electrons. The molecule has 3 aromatic carbocycles. The number of hydrogen-bond acceptors (Lipinski definition) is 3. The minimum absolute atomic E-state index is 0.0688. The van der Waals surface area contributed by atoms with E-state index in [1.807, 2.05) is 78.9 Å². The minimum atomic E-state index is 0.0688. The summed E-state index contributed by atoms with van der Waals surface area (Å²) in [4.78, 5) is 13.1. The first-order valence-corrected chi connectivity index (χ1v) is 9.33. The summed E-state index contributed by atoms with van der Waals surface area (Å²) in [6.07, 6.45) is 0.656. The Balaban J connectivity index is 2.07. The first-order chi connectivity index (χ1) is 13.6. The fraction of sp³-hybridized carbons (Fsp3) is 0.208. The lowest BCUT2D eigenvalue weighted by atomic mass is 10.1. The molecule has 0 aliphatic carbocycles. The van der Waals surface area contributed by atoms with Crippen molar-refractivity contribution in [3.8, 4) is 11.5 Å². The van der Waals surface area contributed by atoms with Crippen LogP contribution in [0.3, 0.4) is 0 Å². The smallest absolute Gasteiger partial charge is 0.320 e. The molecule has 0 spiro atoms. The van der Waals surface area contributed by atoms with Crippen molar-refractivity contribution < 1.29 is 14.3 Å². The molecule has 0 aliphatic heterocycles. The van der Waals surface area contributed by atoms with Crippen LogP contribution in [0.5, 0.6) is 11.5 Å². The zero-order chi connectivity index (χ0) is 20.0. The molecule has 0 unspecified atom stereocenters. The Morgan fingerprint density at radius 3 is 1.86 bits per heavy atom. The Morgan fingerprint density at radius 1 is 0.821 bits per heavy atom. The molecule has 0 saturated heterocycles. The topological polar surface area (TPSA) is 35.5 Å². The van der Waals surface area contributed by atoms with Crippen LogP contribution >= 0.6 is 0 Å². The van der Waals surface area contributed by atoms with E-state index in [2.05, 4.69) is 0 Å². The van der Waals surface area contributed by atoms with Crippen molar-refractivity contribution in [3.05, 3.63) is 84.4 Å². The van der Waals surface area contributed by atoms with Gasteiger partial charge in [0.15, 0.2) is 0 Å². The average Bonchev–Trinajstić information content (AvgIpc) is 2.75. The van der Waals surface area contributed by atoms with Gasteiger partial charge in [-0.05, 0) is 18.2 Å². The van der Waals surface area contributed by atoms with Crippen molar-refractivity contribution in [1.29, 1.82) is 0 Å². The first-order valence-electron chi connectivity index (χ1n) is 9.33. The highest BCUT2D eigenvalue weighted by Gasteiger charge is 2.38. The highest BCUT2D eigenvalue weighted by molar-refractivity contribution is 5.93. The third-order valence-corrected chi connectivity index (χ3v) is 5.14. The number of carbonyl (C=O) groups is 1. The summed E-state index contributed by atoms with van der Waals surface area (Å²) in [5.74, 6) is 1.64. The van der Waals surface area contributed by atoms with Gasteiger partial charge in [0.25, 0.3) is 0 Å². The van der Waals surface area contributed by atoms with Crippen LogP contribution in [0, 0.1) is 0 Å². The Kier molecular flexibility index (Phi) is 6.12. The normalized spacial score (nSPS) is 11.1.